The predicted molar refractivity (Wildman–Crippen MR) is 81.8 cm³/mol. The summed E-state index contributed by atoms with van der Waals surface area (Å²) in [6, 6.07) is 5.20. The number of carbonyl (C=O) groups is 1. The minimum Gasteiger partial charge on any atom is -0.341 e. The average Bonchev–Trinajstić information content (AvgIpc) is 2.31. The number of hydrogen-bond donors (Lipinski definition) is 0. The molecule has 0 spiro atoms. The number of halogens is 2. The molecule has 0 radical (unpaired) electrons. The second kappa shape index (κ2) is 6.78. The van der Waals surface area contributed by atoms with E-state index in [1.54, 1.807) is 32.2 Å². The molecule has 4 nitrogen and oxygen atoms in total. The third-order valence-electron chi connectivity index (χ3n) is 2.79. The lowest BCUT2D eigenvalue weighted by molar-refractivity contribution is -0.133. The summed E-state index contributed by atoms with van der Waals surface area (Å²) in [6.45, 7) is 1.88. The quantitative estimate of drug-likeness (QED) is 0.829. The van der Waals surface area contributed by atoms with Crippen LogP contribution in [0.5, 0.6) is 0 Å². The van der Waals surface area contributed by atoms with Crippen LogP contribution in [0.2, 0.25) is 10.0 Å². The smallest absolute Gasteiger partial charge is 0.226 e. The van der Waals surface area contributed by atoms with E-state index < -0.39 is 15.8 Å². The first-order valence-electron chi connectivity index (χ1n) is 5.97. The SMILES string of the molecule is C[C@@H](CS(C)(=O)=O)C(=O)N(C)Cc1cccc(Cl)c1Cl. The largest absolute Gasteiger partial charge is 0.341 e. The van der Waals surface area contributed by atoms with Gasteiger partial charge in [-0.2, -0.15) is 0 Å². The van der Waals surface area contributed by atoms with Gasteiger partial charge in [0.25, 0.3) is 0 Å². The number of nitrogens with zero attached hydrogens (tertiary/aromatic N) is 1. The highest BCUT2D eigenvalue weighted by Crippen LogP contribution is 2.26. The molecule has 0 N–H and O–H groups in total. The number of sulfone groups is 1. The number of benzene rings is 1. The van der Waals surface area contributed by atoms with Crippen LogP contribution in [0.15, 0.2) is 18.2 Å². The zero-order valence-electron chi connectivity index (χ0n) is 11.6. The third-order valence-corrected chi connectivity index (χ3v) is 4.75. The Balaban J connectivity index is 2.78. The van der Waals surface area contributed by atoms with Crippen LogP contribution in [-0.4, -0.2) is 38.3 Å². The lowest BCUT2D eigenvalue weighted by atomic mass is 10.1. The Kier molecular flexibility index (Phi) is 5.86. The normalized spacial score (nSPS) is 13.1. The van der Waals surface area contributed by atoms with Gasteiger partial charge in [0.2, 0.25) is 5.91 Å². The highest BCUT2D eigenvalue weighted by Gasteiger charge is 2.22. The Hall–Kier alpha value is -0.780. The first-order valence-corrected chi connectivity index (χ1v) is 8.79. The summed E-state index contributed by atoms with van der Waals surface area (Å²) in [5, 5.41) is 0.832. The van der Waals surface area contributed by atoms with Gasteiger partial charge >= 0.3 is 0 Å². The van der Waals surface area contributed by atoms with Crippen molar-refractivity contribution in [2.45, 2.75) is 13.5 Å². The zero-order chi connectivity index (χ0) is 15.5. The van der Waals surface area contributed by atoms with Crippen molar-refractivity contribution in [1.29, 1.82) is 0 Å². The molecule has 0 fully saturated rings. The molecule has 1 aromatic carbocycles. The lowest BCUT2D eigenvalue weighted by Crippen LogP contribution is -2.34. The molecule has 0 aromatic heterocycles. The van der Waals surface area contributed by atoms with Crippen LogP contribution in [0.1, 0.15) is 12.5 Å². The molecule has 0 saturated carbocycles. The summed E-state index contributed by atoms with van der Waals surface area (Å²) >= 11 is 12.0. The molecule has 1 amide bonds. The standard InChI is InChI=1S/C13H17Cl2NO3S/c1-9(8-20(3,18)19)13(17)16(2)7-10-5-4-6-11(14)12(10)15/h4-6,9H,7-8H2,1-3H3/t9-/m0/s1. The molecule has 0 saturated heterocycles. The maximum atomic E-state index is 12.1. The summed E-state index contributed by atoms with van der Waals surface area (Å²) in [7, 11) is -1.57. The summed E-state index contributed by atoms with van der Waals surface area (Å²) < 4.78 is 22.4. The van der Waals surface area contributed by atoms with Gasteiger partial charge in [-0.15, -0.1) is 0 Å². The van der Waals surface area contributed by atoms with E-state index in [4.69, 9.17) is 23.2 Å². The Bertz CT molecular complexity index is 602. The van der Waals surface area contributed by atoms with Crippen molar-refractivity contribution < 1.29 is 13.2 Å². The van der Waals surface area contributed by atoms with Gasteiger partial charge in [0, 0.05) is 25.8 Å². The van der Waals surface area contributed by atoms with E-state index in [-0.39, 0.29) is 18.2 Å². The van der Waals surface area contributed by atoms with Crippen LogP contribution in [0.3, 0.4) is 0 Å². The van der Waals surface area contributed by atoms with E-state index in [0.29, 0.717) is 10.0 Å². The van der Waals surface area contributed by atoms with Crippen LogP contribution >= 0.6 is 23.2 Å². The Morgan fingerprint density at radius 1 is 1.35 bits per heavy atom. The average molecular weight is 338 g/mol. The van der Waals surface area contributed by atoms with Crippen molar-refractivity contribution in [2.75, 3.05) is 19.1 Å². The maximum absolute atomic E-state index is 12.1. The molecular formula is C13H17Cl2NO3S. The molecule has 0 unspecified atom stereocenters. The van der Waals surface area contributed by atoms with E-state index in [1.165, 1.54) is 4.90 Å². The van der Waals surface area contributed by atoms with Gasteiger partial charge in [0.15, 0.2) is 0 Å². The van der Waals surface area contributed by atoms with Gasteiger partial charge in [-0.1, -0.05) is 42.3 Å². The molecule has 0 bridgehead atoms. The summed E-state index contributed by atoms with van der Waals surface area (Å²) in [5.74, 6) is -1.00. The van der Waals surface area contributed by atoms with Crippen molar-refractivity contribution in [3.8, 4) is 0 Å². The highest BCUT2D eigenvalue weighted by atomic mass is 35.5. The fraction of sp³-hybridized carbons (Fsp3) is 0.462. The monoisotopic (exact) mass is 337 g/mol. The number of carbonyl (C=O) groups excluding carboxylic acids is 1. The molecule has 1 atom stereocenters. The summed E-state index contributed by atoms with van der Waals surface area (Å²) in [4.78, 5) is 13.6. The van der Waals surface area contributed by atoms with Crippen LogP contribution in [0, 0.1) is 5.92 Å². The van der Waals surface area contributed by atoms with Crippen LogP contribution in [0.4, 0.5) is 0 Å². The number of hydrogen-bond acceptors (Lipinski definition) is 3. The maximum Gasteiger partial charge on any atom is 0.226 e. The molecule has 7 heteroatoms. The molecule has 112 valence electrons. The van der Waals surface area contributed by atoms with E-state index in [2.05, 4.69) is 0 Å². The molecule has 0 aliphatic carbocycles. The zero-order valence-corrected chi connectivity index (χ0v) is 13.9. The van der Waals surface area contributed by atoms with E-state index in [0.717, 1.165) is 11.8 Å². The fourth-order valence-electron chi connectivity index (χ4n) is 1.91. The van der Waals surface area contributed by atoms with Crippen molar-refractivity contribution in [3.63, 3.8) is 0 Å². The van der Waals surface area contributed by atoms with Gasteiger partial charge < -0.3 is 4.90 Å². The fourth-order valence-corrected chi connectivity index (χ4v) is 3.34. The lowest BCUT2D eigenvalue weighted by Gasteiger charge is -2.21. The first-order chi connectivity index (χ1) is 9.11. The summed E-state index contributed by atoms with van der Waals surface area (Å²) in [6.07, 6.45) is 1.12. The van der Waals surface area contributed by atoms with Crippen molar-refractivity contribution in [2.24, 2.45) is 5.92 Å². The van der Waals surface area contributed by atoms with Crippen LogP contribution in [0.25, 0.3) is 0 Å². The molecule has 0 aliphatic rings. The van der Waals surface area contributed by atoms with Gasteiger partial charge in [-0.05, 0) is 11.6 Å². The molecule has 1 aromatic rings. The van der Waals surface area contributed by atoms with Crippen LogP contribution in [-0.2, 0) is 21.2 Å². The van der Waals surface area contributed by atoms with E-state index >= 15 is 0 Å². The summed E-state index contributed by atoms with van der Waals surface area (Å²) in [5.41, 5.74) is 0.724. The van der Waals surface area contributed by atoms with Crippen LogP contribution < -0.4 is 0 Å². The highest BCUT2D eigenvalue weighted by molar-refractivity contribution is 7.90. The minimum atomic E-state index is -3.18. The second-order valence-electron chi connectivity index (χ2n) is 4.90. The van der Waals surface area contributed by atoms with Crippen molar-refractivity contribution in [1.82, 2.24) is 4.90 Å². The van der Waals surface area contributed by atoms with Crippen molar-refractivity contribution >= 4 is 38.9 Å². The topological polar surface area (TPSA) is 54.5 Å². The van der Waals surface area contributed by atoms with E-state index in [1.807, 2.05) is 0 Å². The second-order valence-corrected chi connectivity index (χ2v) is 7.87. The van der Waals surface area contributed by atoms with Crippen molar-refractivity contribution in [3.05, 3.63) is 33.8 Å². The number of rotatable bonds is 5. The molecule has 20 heavy (non-hydrogen) atoms. The third kappa shape index (κ3) is 4.96. The van der Waals surface area contributed by atoms with Gasteiger partial charge in [-0.25, -0.2) is 8.42 Å². The molecule has 0 heterocycles. The predicted octanol–water partition coefficient (Wildman–Crippen LogP) is 2.63. The Labute approximate surface area is 129 Å². The van der Waals surface area contributed by atoms with Gasteiger partial charge in [0.05, 0.1) is 15.8 Å². The Morgan fingerprint density at radius 2 is 1.95 bits per heavy atom. The van der Waals surface area contributed by atoms with E-state index in [9.17, 15) is 13.2 Å². The minimum absolute atomic E-state index is 0.167. The molecular weight excluding hydrogens is 321 g/mol. The molecule has 0 aliphatic heterocycles. The number of amides is 1. The van der Waals surface area contributed by atoms with Gasteiger partial charge in [-0.3, -0.25) is 4.79 Å². The first kappa shape index (κ1) is 17.3. The Morgan fingerprint density at radius 3 is 2.50 bits per heavy atom. The van der Waals surface area contributed by atoms with Gasteiger partial charge in [0.1, 0.15) is 9.84 Å². The molecule has 1 rings (SSSR count).